The van der Waals surface area contributed by atoms with E-state index < -0.39 is 11.9 Å². The van der Waals surface area contributed by atoms with Crippen LogP contribution < -0.4 is 0 Å². The van der Waals surface area contributed by atoms with Gasteiger partial charge in [0.05, 0.1) is 11.5 Å². The number of fused-ring (bicyclic) bond motifs is 3. The van der Waals surface area contributed by atoms with Crippen molar-refractivity contribution in [3.05, 3.63) is 58.7 Å². The van der Waals surface area contributed by atoms with E-state index in [9.17, 15) is 14.4 Å². The zero-order chi connectivity index (χ0) is 15.1. The number of Topliss-reactive ketones (excluding diaryl/α,β-unsaturated/α-hetero) is 1. The van der Waals surface area contributed by atoms with Gasteiger partial charge in [0.1, 0.15) is 6.29 Å². The highest BCUT2D eigenvalue weighted by Crippen LogP contribution is 2.44. The van der Waals surface area contributed by atoms with Crippen LogP contribution in [-0.2, 0) is 4.79 Å². The molecule has 0 saturated heterocycles. The van der Waals surface area contributed by atoms with Crippen molar-refractivity contribution < 1.29 is 19.5 Å². The number of carbonyl (C=O) groups excluding carboxylic acids is 2. The number of benzene rings is 2. The molecule has 0 fully saturated rings. The SMILES string of the molecule is CC(=O)c1ccc2c(c1)C(C=O)c1cc(C(=O)O)ccc1-2. The second-order valence-electron chi connectivity index (χ2n) is 5.08. The molecule has 1 aliphatic rings. The molecule has 104 valence electrons. The molecule has 4 nitrogen and oxygen atoms in total. The molecule has 0 spiro atoms. The normalized spacial score (nSPS) is 15.2. The van der Waals surface area contributed by atoms with Crippen molar-refractivity contribution in [2.45, 2.75) is 12.8 Å². The first-order chi connectivity index (χ1) is 10.0. The molecule has 0 bridgehead atoms. The van der Waals surface area contributed by atoms with Crippen LogP contribution in [0, 0.1) is 0 Å². The summed E-state index contributed by atoms with van der Waals surface area (Å²) in [6, 6.07) is 10.0. The van der Waals surface area contributed by atoms with Crippen LogP contribution in [0.2, 0.25) is 0 Å². The summed E-state index contributed by atoms with van der Waals surface area (Å²) in [5.41, 5.74) is 3.87. The van der Waals surface area contributed by atoms with Crippen LogP contribution in [0.15, 0.2) is 36.4 Å². The Hall–Kier alpha value is -2.75. The van der Waals surface area contributed by atoms with Crippen LogP contribution in [0.4, 0.5) is 0 Å². The topological polar surface area (TPSA) is 71.4 Å². The third-order valence-electron chi connectivity index (χ3n) is 3.85. The minimum Gasteiger partial charge on any atom is -0.478 e. The summed E-state index contributed by atoms with van der Waals surface area (Å²) in [6.07, 6.45) is 0.792. The molecule has 3 rings (SSSR count). The minimum absolute atomic E-state index is 0.0652. The Morgan fingerprint density at radius 3 is 2.00 bits per heavy atom. The quantitative estimate of drug-likeness (QED) is 0.693. The number of hydrogen-bond donors (Lipinski definition) is 1. The van der Waals surface area contributed by atoms with E-state index >= 15 is 0 Å². The number of carbonyl (C=O) groups is 3. The first-order valence-corrected chi connectivity index (χ1v) is 6.50. The van der Waals surface area contributed by atoms with Crippen molar-refractivity contribution in [1.29, 1.82) is 0 Å². The summed E-state index contributed by atoms with van der Waals surface area (Å²) in [6.45, 7) is 1.47. The number of aromatic carboxylic acids is 1. The van der Waals surface area contributed by atoms with Crippen molar-refractivity contribution in [3.63, 3.8) is 0 Å². The van der Waals surface area contributed by atoms with Gasteiger partial charge < -0.3 is 9.90 Å². The van der Waals surface area contributed by atoms with Gasteiger partial charge in [-0.25, -0.2) is 4.79 Å². The molecule has 0 radical (unpaired) electrons. The molecule has 1 unspecified atom stereocenters. The average molecular weight is 280 g/mol. The van der Waals surface area contributed by atoms with E-state index in [0.29, 0.717) is 11.1 Å². The lowest BCUT2D eigenvalue weighted by Crippen LogP contribution is -2.02. The van der Waals surface area contributed by atoms with E-state index in [1.54, 1.807) is 18.2 Å². The monoisotopic (exact) mass is 280 g/mol. The number of carboxylic acid groups (broad SMARTS) is 1. The van der Waals surface area contributed by atoms with Gasteiger partial charge in [-0.15, -0.1) is 0 Å². The third-order valence-corrected chi connectivity index (χ3v) is 3.85. The predicted octanol–water partition coefficient (Wildman–Crippen LogP) is 2.90. The van der Waals surface area contributed by atoms with Gasteiger partial charge in [-0.05, 0) is 47.4 Å². The van der Waals surface area contributed by atoms with E-state index in [4.69, 9.17) is 5.11 Å². The van der Waals surface area contributed by atoms with Crippen LogP contribution in [0.5, 0.6) is 0 Å². The van der Waals surface area contributed by atoms with Gasteiger partial charge >= 0.3 is 5.97 Å². The van der Waals surface area contributed by atoms with Crippen LogP contribution in [0.1, 0.15) is 44.7 Å². The summed E-state index contributed by atoms with van der Waals surface area (Å²) < 4.78 is 0. The van der Waals surface area contributed by atoms with Gasteiger partial charge in [0.2, 0.25) is 0 Å². The Kier molecular flexibility index (Phi) is 2.94. The zero-order valence-corrected chi connectivity index (χ0v) is 11.3. The maximum absolute atomic E-state index is 11.5. The van der Waals surface area contributed by atoms with Crippen LogP contribution in [0.25, 0.3) is 11.1 Å². The summed E-state index contributed by atoms with van der Waals surface area (Å²) in [7, 11) is 0. The molecular weight excluding hydrogens is 268 g/mol. The first-order valence-electron chi connectivity index (χ1n) is 6.50. The van der Waals surface area contributed by atoms with Crippen molar-refractivity contribution >= 4 is 18.0 Å². The highest BCUT2D eigenvalue weighted by Gasteiger charge is 2.29. The molecule has 2 aromatic rings. The molecule has 1 aliphatic carbocycles. The lowest BCUT2D eigenvalue weighted by molar-refractivity contribution is -0.108. The largest absolute Gasteiger partial charge is 0.478 e. The number of carboxylic acids is 1. The Bertz CT molecular complexity index is 726. The third kappa shape index (κ3) is 1.96. The highest BCUT2D eigenvalue weighted by atomic mass is 16.4. The molecular formula is C17H12O4. The maximum Gasteiger partial charge on any atom is 0.335 e. The van der Waals surface area contributed by atoms with Gasteiger partial charge in [0.15, 0.2) is 5.78 Å². The van der Waals surface area contributed by atoms with Crippen molar-refractivity contribution in [2.24, 2.45) is 0 Å². The van der Waals surface area contributed by atoms with E-state index in [0.717, 1.165) is 23.0 Å². The van der Waals surface area contributed by atoms with Gasteiger partial charge in [0.25, 0.3) is 0 Å². The first kappa shape index (κ1) is 13.2. The zero-order valence-electron chi connectivity index (χ0n) is 11.3. The second kappa shape index (κ2) is 4.66. The van der Waals surface area contributed by atoms with Crippen LogP contribution >= 0.6 is 0 Å². The van der Waals surface area contributed by atoms with E-state index in [-0.39, 0.29) is 11.3 Å². The summed E-state index contributed by atoms with van der Waals surface area (Å²) in [5.74, 6) is -1.61. The molecule has 0 aromatic heterocycles. The summed E-state index contributed by atoms with van der Waals surface area (Å²) >= 11 is 0. The fourth-order valence-corrected chi connectivity index (χ4v) is 2.80. The number of hydrogen-bond acceptors (Lipinski definition) is 3. The molecule has 2 aromatic carbocycles. The van der Waals surface area contributed by atoms with Crippen LogP contribution in [-0.4, -0.2) is 23.1 Å². The summed E-state index contributed by atoms with van der Waals surface area (Å²) in [4.78, 5) is 34.0. The van der Waals surface area contributed by atoms with Gasteiger partial charge in [-0.1, -0.05) is 18.2 Å². The lowest BCUT2D eigenvalue weighted by atomic mass is 9.96. The van der Waals surface area contributed by atoms with Gasteiger partial charge in [0, 0.05) is 5.56 Å². The lowest BCUT2D eigenvalue weighted by Gasteiger charge is -2.06. The average Bonchev–Trinajstić information content (AvgIpc) is 2.78. The molecule has 4 heteroatoms. The molecule has 1 atom stereocenters. The molecule has 0 saturated carbocycles. The number of aldehydes is 1. The van der Waals surface area contributed by atoms with E-state index in [1.807, 2.05) is 6.07 Å². The molecule has 0 aliphatic heterocycles. The van der Waals surface area contributed by atoms with Crippen LogP contribution in [0.3, 0.4) is 0 Å². The van der Waals surface area contributed by atoms with Crippen molar-refractivity contribution in [3.8, 4) is 11.1 Å². The van der Waals surface area contributed by atoms with Gasteiger partial charge in [-0.3, -0.25) is 4.79 Å². The molecule has 1 N–H and O–H groups in total. The fourth-order valence-electron chi connectivity index (χ4n) is 2.80. The fraction of sp³-hybridized carbons (Fsp3) is 0.118. The van der Waals surface area contributed by atoms with E-state index in [2.05, 4.69) is 0 Å². The number of rotatable bonds is 3. The number of ketones is 1. The standard InChI is InChI=1S/C17H12O4/c1-9(19)10-2-4-12-13-5-3-11(17(20)21)7-15(13)16(8-18)14(12)6-10/h2-8,16H,1H3,(H,20,21). The molecule has 21 heavy (non-hydrogen) atoms. The Morgan fingerprint density at radius 1 is 1.00 bits per heavy atom. The Labute approximate surface area is 121 Å². The Morgan fingerprint density at radius 2 is 1.52 bits per heavy atom. The maximum atomic E-state index is 11.5. The Balaban J connectivity index is 2.23. The molecule has 0 heterocycles. The van der Waals surface area contributed by atoms with Gasteiger partial charge in [-0.2, -0.15) is 0 Å². The smallest absolute Gasteiger partial charge is 0.335 e. The summed E-state index contributed by atoms with van der Waals surface area (Å²) in [5, 5.41) is 9.08. The van der Waals surface area contributed by atoms with Crippen molar-refractivity contribution in [2.75, 3.05) is 0 Å². The molecule has 0 amide bonds. The van der Waals surface area contributed by atoms with Crippen molar-refractivity contribution in [1.82, 2.24) is 0 Å². The second-order valence-corrected chi connectivity index (χ2v) is 5.08. The predicted molar refractivity (Wildman–Crippen MR) is 76.7 cm³/mol. The minimum atomic E-state index is -1.03. The highest BCUT2D eigenvalue weighted by molar-refractivity contribution is 5.98. The van der Waals surface area contributed by atoms with E-state index in [1.165, 1.54) is 19.1 Å².